The molecule has 1 heterocycles. The molecule has 1 aliphatic carbocycles. The third kappa shape index (κ3) is 3.54. The third-order valence-electron chi connectivity index (χ3n) is 2.88. The maximum Gasteiger partial charge on any atom is 0.311 e. The minimum atomic E-state index is -0.529. The molecule has 108 valence electrons. The summed E-state index contributed by atoms with van der Waals surface area (Å²) in [5.41, 5.74) is 2.18. The fourth-order valence-corrected chi connectivity index (χ4v) is 1.67. The van der Waals surface area contributed by atoms with Crippen LogP contribution in [0.4, 0.5) is 17.3 Å². The molecule has 9 heteroatoms. The SMILES string of the molecule is NNc1ccc([N+](=O)[O-])c(NCCNC(=O)C2CC2)n1. The molecule has 5 N–H and O–H groups in total. The van der Waals surface area contributed by atoms with Gasteiger partial charge in [-0.1, -0.05) is 0 Å². The predicted octanol–water partition coefficient (Wildman–Crippen LogP) is 0.213. The Kier molecular flexibility index (Phi) is 4.31. The average molecular weight is 280 g/mol. The molecule has 1 fully saturated rings. The van der Waals surface area contributed by atoms with E-state index in [0.717, 1.165) is 12.8 Å². The summed E-state index contributed by atoms with van der Waals surface area (Å²) < 4.78 is 0. The molecule has 0 aromatic carbocycles. The van der Waals surface area contributed by atoms with Crippen LogP contribution in [0, 0.1) is 16.0 Å². The summed E-state index contributed by atoms with van der Waals surface area (Å²) in [5, 5.41) is 16.4. The highest BCUT2D eigenvalue weighted by molar-refractivity contribution is 5.80. The minimum absolute atomic E-state index is 0.0339. The monoisotopic (exact) mass is 280 g/mol. The van der Waals surface area contributed by atoms with Crippen molar-refractivity contribution < 1.29 is 9.72 Å². The first-order chi connectivity index (χ1) is 9.61. The lowest BCUT2D eigenvalue weighted by atomic mass is 10.3. The molecule has 1 aliphatic rings. The van der Waals surface area contributed by atoms with Gasteiger partial charge < -0.3 is 16.1 Å². The second-order valence-corrected chi connectivity index (χ2v) is 4.46. The molecule has 1 amide bonds. The largest absolute Gasteiger partial charge is 0.363 e. The Morgan fingerprint density at radius 2 is 2.20 bits per heavy atom. The van der Waals surface area contributed by atoms with Crippen molar-refractivity contribution in [2.24, 2.45) is 11.8 Å². The number of hydrogen-bond acceptors (Lipinski definition) is 7. The number of carbonyl (C=O) groups excluding carboxylic acids is 1. The molecule has 0 spiro atoms. The van der Waals surface area contributed by atoms with Gasteiger partial charge in [-0.25, -0.2) is 10.8 Å². The van der Waals surface area contributed by atoms with E-state index < -0.39 is 4.92 Å². The number of rotatable bonds is 7. The number of hydrazine groups is 1. The van der Waals surface area contributed by atoms with Crippen LogP contribution in [-0.4, -0.2) is 28.9 Å². The number of nitrogens with two attached hydrogens (primary N) is 1. The molecule has 0 saturated heterocycles. The zero-order valence-corrected chi connectivity index (χ0v) is 10.8. The molecule has 0 unspecified atom stereocenters. The maximum atomic E-state index is 11.4. The quantitative estimate of drug-likeness (QED) is 0.243. The van der Waals surface area contributed by atoms with E-state index in [-0.39, 0.29) is 23.3 Å². The number of nitro groups is 1. The van der Waals surface area contributed by atoms with Gasteiger partial charge in [-0.15, -0.1) is 0 Å². The van der Waals surface area contributed by atoms with Crippen molar-refractivity contribution in [3.05, 3.63) is 22.2 Å². The van der Waals surface area contributed by atoms with Crippen molar-refractivity contribution in [2.75, 3.05) is 23.8 Å². The number of nitrogens with zero attached hydrogens (tertiary/aromatic N) is 2. The van der Waals surface area contributed by atoms with E-state index in [9.17, 15) is 14.9 Å². The summed E-state index contributed by atoms with van der Waals surface area (Å²) in [7, 11) is 0. The van der Waals surface area contributed by atoms with E-state index in [1.807, 2.05) is 0 Å². The van der Waals surface area contributed by atoms with Crippen molar-refractivity contribution >= 4 is 23.2 Å². The lowest BCUT2D eigenvalue weighted by Gasteiger charge is -2.08. The number of hydrogen-bond donors (Lipinski definition) is 4. The van der Waals surface area contributed by atoms with Gasteiger partial charge in [0.15, 0.2) is 0 Å². The van der Waals surface area contributed by atoms with Crippen LogP contribution in [0.25, 0.3) is 0 Å². The molecular weight excluding hydrogens is 264 g/mol. The van der Waals surface area contributed by atoms with E-state index in [2.05, 4.69) is 21.0 Å². The molecule has 0 aliphatic heterocycles. The van der Waals surface area contributed by atoms with E-state index in [4.69, 9.17) is 5.84 Å². The van der Waals surface area contributed by atoms with Gasteiger partial charge in [0.1, 0.15) is 5.82 Å². The molecule has 20 heavy (non-hydrogen) atoms. The molecule has 1 saturated carbocycles. The van der Waals surface area contributed by atoms with E-state index >= 15 is 0 Å². The number of amides is 1. The van der Waals surface area contributed by atoms with Crippen LogP contribution in [0.1, 0.15) is 12.8 Å². The van der Waals surface area contributed by atoms with E-state index in [1.54, 1.807) is 0 Å². The van der Waals surface area contributed by atoms with Gasteiger partial charge in [0.2, 0.25) is 11.7 Å². The lowest BCUT2D eigenvalue weighted by Crippen LogP contribution is -2.30. The highest BCUT2D eigenvalue weighted by atomic mass is 16.6. The van der Waals surface area contributed by atoms with Crippen LogP contribution in [0.3, 0.4) is 0 Å². The molecule has 2 rings (SSSR count). The number of anilines is 2. The second kappa shape index (κ2) is 6.15. The number of nitrogens with one attached hydrogen (secondary N) is 3. The Balaban J connectivity index is 1.89. The van der Waals surface area contributed by atoms with Crippen molar-refractivity contribution in [2.45, 2.75) is 12.8 Å². The topological polar surface area (TPSA) is 135 Å². The van der Waals surface area contributed by atoms with Crippen LogP contribution in [0.2, 0.25) is 0 Å². The van der Waals surface area contributed by atoms with Gasteiger partial charge in [-0.05, 0) is 18.9 Å². The molecule has 0 atom stereocenters. The fourth-order valence-electron chi connectivity index (χ4n) is 1.67. The molecule has 0 radical (unpaired) electrons. The Labute approximate surface area is 115 Å². The summed E-state index contributed by atoms with van der Waals surface area (Å²) in [4.78, 5) is 25.7. The molecule has 0 bridgehead atoms. The Bertz CT molecular complexity index is 517. The van der Waals surface area contributed by atoms with Crippen molar-refractivity contribution in [3.63, 3.8) is 0 Å². The lowest BCUT2D eigenvalue weighted by molar-refractivity contribution is -0.384. The van der Waals surface area contributed by atoms with Crippen LogP contribution in [0.15, 0.2) is 12.1 Å². The number of nitrogen functional groups attached to an aromatic ring is 1. The summed E-state index contributed by atoms with van der Waals surface area (Å²) in [5.74, 6) is 5.83. The molecule has 1 aromatic heterocycles. The fraction of sp³-hybridized carbons (Fsp3) is 0.455. The predicted molar refractivity (Wildman–Crippen MR) is 72.9 cm³/mol. The first-order valence-electron chi connectivity index (χ1n) is 6.25. The van der Waals surface area contributed by atoms with Gasteiger partial charge in [0, 0.05) is 25.1 Å². The Hall–Kier alpha value is -2.42. The van der Waals surface area contributed by atoms with Gasteiger partial charge >= 0.3 is 5.69 Å². The van der Waals surface area contributed by atoms with Gasteiger partial charge in [-0.2, -0.15) is 0 Å². The molecular formula is C11H16N6O3. The van der Waals surface area contributed by atoms with Crippen LogP contribution >= 0.6 is 0 Å². The molecule has 1 aromatic rings. The van der Waals surface area contributed by atoms with Crippen LogP contribution in [0.5, 0.6) is 0 Å². The first-order valence-corrected chi connectivity index (χ1v) is 6.25. The summed E-state index contributed by atoms with van der Waals surface area (Å²) in [6.07, 6.45) is 1.88. The minimum Gasteiger partial charge on any atom is -0.363 e. The average Bonchev–Trinajstić information content (AvgIpc) is 3.27. The van der Waals surface area contributed by atoms with Gasteiger partial charge in [-0.3, -0.25) is 14.9 Å². The van der Waals surface area contributed by atoms with Gasteiger partial charge in [0.25, 0.3) is 0 Å². The van der Waals surface area contributed by atoms with Gasteiger partial charge in [0.05, 0.1) is 4.92 Å². The van der Waals surface area contributed by atoms with Crippen LogP contribution < -0.4 is 21.9 Å². The maximum absolute atomic E-state index is 11.4. The third-order valence-corrected chi connectivity index (χ3v) is 2.88. The van der Waals surface area contributed by atoms with E-state index in [1.165, 1.54) is 12.1 Å². The normalized spacial score (nSPS) is 13.7. The Morgan fingerprint density at radius 1 is 1.45 bits per heavy atom. The summed E-state index contributed by atoms with van der Waals surface area (Å²) >= 11 is 0. The number of carbonyl (C=O) groups is 1. The Morgan fingerprint density at radius 3 is 2.80 bits per heavy atom. The zero-order valence-electron chi connectivity index (χ0n) is 10.8. The standard InChI is InChI=1S/C11H16N6O3/c12-16-9-4-3-8(17(19)20)10(15-9)13-5-6-14-11(18)7-1-2-7/h3-4,7H,1-2,5-6,12H2,(H,14,18)(H2,13,15,16). The number of pyridine rings is 1. The first kappa shape index (κ1) is 14.0. The van der Waals surface area contributed by atoms with Crippen molar-refractivity contribution in [1.29, 1.82) is 0 Å². The second-order valence-electron chi connectivity index (χ2n) is 4.46. The highest BCUT2D eigenvalue weighted by Gasteiger charge is 2.29. The summed E-state index contributed by atoms with van der Waals surface area (Å²) in [6.45, 7) is 0.731. The zero-order chi connectivity index (χ0) is 14.5. The van der Waals surface area contributed by atoms with Crippen molar-refractivity contribution in [3.8, 4) is 0 Å². The number of aromatic nitrogens is 1. The van der Waals surface area contributed by atoms with E-state index in [0.29, 0.717) is 18.9 Å². The van der Waals surface area contributed by atoms with Crippen LogP contribution in [-0.2, 0) is 4.79 Å². The highest BCUT2D eigenvalue weighted by Crippen LogP contribution is 2.28. The molecule has 9 nitrogen and oxygen atoms in total. The summed E-state index contributed by atoms with van der Waals surface area (Å²) in [6, 6.07) is 2.73. The van der Waals surface area contributed by atoms with Crippen molar-refractivity contribution in [1.82, 2.24) is 10.3 Å². The smallest absolute Gasteiger partial charge is 0.311 e.